The summed E-state index contributed by atoms with van der Waals surface area (Å²) in [7, 11) is -5.71. The highest BCUT2D eigenvalue weighted by Crippen LogP contribution is 2.62. The molecule has 0 aromatic carbocycles. The molecule has 0 bridgehead atoms. The number of alkyl halides is 2. The molecule has 12 atom stereocenters. The number of nitrogen functional groups attached to an aromatic ring is 1. The van der Waals surface area contributed by atoms with Gasteiger partial charge >= 0.3 is 32.4 Å². The third-order valence-corrected chi connectivity index (χ3v) is 11.1. The van der Waals surface area contributed by atoms with Crippen LogP contribution in [0.15, 0.2) is 12.7 Å². The van der Waals surface area contributed by atoms with Crippen LogP contribution in [-0.4, -0.2) is 125 Å². The molecule has 2 aliphatic heterocycles. The van der Waals surface area contributed by atoms with Gasteiger partial charge in [0, 0.05) is 20.8 Å². The number of nitrogens with zero attached hydrogens (tertiary/aromatic N) is 4. The molecule has 6 N–H and O–H groups in total. The molecule has 21 nitrogen and oxygen atoms in total. The van der Waals surface area contributed by atoms with Crippen LogP contribution >= 0.6 is 14.5 Å². The zero-order valence-electron chi connectivity index (χ0n) is 27.1. The first-order chi connectivity index (χ1) is 23.7. The molecule has 2 fully saturated rings. The number of imidazole rings is 1. The molecule has 2 aromatic heterocycles. The molecule has 0 saturated carbocycles. The number of ether oxygens (including phenoxy) is 5. The highest BCUT2D eigenvalue weighted by atomic mass is 32.5. The second-order valence-electron chi connectivity index (χ2n) is 11.2. The number of esters is 3. The minimum absolute atomic E-state index is 0.00883. The van der Waals surface area contributed by atoms with Crippen LogP contribution in [0, 0.1) is 0 Å². The first kappa shape index (κ1) is 40.9. The van der Waals surface area contributed by atoms with E-state index in [0.29, 0.717) is 0 Å². The lowest BCUT2D eigenvalue weighted by Gasteiger charge is -2.43. The number of anilines is 1. The summed E-state index contributed by atoms with van der Waals surface area (Å²) in [5, 5.41) is 21.8. The molecule has 2 saturated heterocycles. The van der Waals surface area contributed by atoms with Gasteiger partial charge < -0.3 is 53.9 Å². The number of aliphatic hydroxyl groups excluding tert-OH is 2. The summed E-state index contributed by atoms with van der Waals surface area (Å²) in [5.74, 6) is -3.09. The van der Waals surface area contributed by atoms with E-state index in [9.17, 15) is 38.9 Å². The third-order valence-electron chi connectivity index (χ3n) is 7.55. The second-order valence-corrected chi connectivity index (χ2v) is 15.6. The Morgan fingerprint density at radius 2 is 1.75 bits per heavy atom. The minimum Gasteiger partial charge on any atom is -0.463 e. The van der Waals surface area contributed by atoms with Crippen LogP contribution in [0.2, 0.25) is 0 Å². The van der Waals surface area contributed by atoms with Crippen molar-refractivity contribution in [2.45, 2.75) is 95.1 Å². The van der Waals surface area contributed by atoms with Crippen molar-refractivity contribution < 1.29 is 84.8 Å². The zero-order chi connectivity index (χ0) is 38.1. The molecule has 0 radical (unpaired) electrons. The number of aromatic nitrogens is 4. The van der Waals surface area contributed by atoms with Gasteiger partial charge in [-0.2, -0.15) is 0 Å². The van der Waals surface area contributed by atoms with E-state index in [2.05, 4.69) is 24.0 Å². The molecule has 0 amide bonds. The molecule has 2 aromatic rings. The molecular formula is C25H35F2N5O16P2S. The monoisotopic (exact) mass is 793 g/mol. The number of nitrogens with two attached hydrogens (primary N) is 1. The SMILES string of the molecule is CC[C@@]1(F)[C@H](O)[C@@H](COP(O)(=S)OP(=O)(O)OC2OC([C@@H](F)COC(C)=O)C(OC(C)=O)C(O)C2OC(C)=O)O[C@H]1n1cnc2c(N)ncnc21. The van der Waals surface area contributed by atoms with Gasteiger partial charge in [-0.05, 0) is 18.2 Å². The van der Waals surface area contributed by atoms with E-state index in [-0.39, 0.29) is 23.4 Å². The van der Waals surface area contributed by atoms with Crippen molar-refractivity contribution in [1.82, 2.24) is 19.5 Å². The molecule has 0 aliphatic carbocycles. The summed E-state index contributed by atoms with van der Waals surface area (Å²) in [5.41, 5.74) is 3.50. The number of hydrogen-bond donors (Lipinski definition) is 5. The molecular weight excluding hydrogens is 758 g/mol. The molecule has 0 spiro atoms. The smallest absolute Gasteiger partial charge is 0.463 e. The van der Waals surface area contributed by atoms with Crippen LogP contribution in [-0.2, 0) is 67.8 Å². The first-order valence-corrected chi connectivity index (χ1v) is 18.9. The van der Waals surface area contributed by atoms with Crippen LogP contribution in [0.4, 0.5) is 14.6 Å². The fourth-order valence-corrected chi connectivity index (χ4v) is 8.39. The van der Waals surface area contributed by atoms with Crippen LogP contribution in [0.1, 0.15) is 40.3 Å². The maximum absolute atomic E-state index is 16.2. The number of halogens is 2. The number of fused-ring (bicyclic) bond motifs is 1. The fraction of sp³-hybridized carbons (Fsp3) is 0.680. The van der Waals surface area contributed by atoms with E-state index in [1.54, 1.807) is 0 Å². The van der Waals surface area contributed by atoms with E-state index in [1.807, 2.05) is 0 Å². The summed E-state index contributed by atoms with van der Waals surface area (Å²) in [6, 6.07) is 0. The highest BCUT2D eigenvalue weighted by molar-refractivity contribution is 8.08. The number of hydrogen-bond acceptors (Lipinski definition) is 19. The Morgan fingerprint density at radius 3 is 2.35 bits per heavy atom. The fourth-order valence-electron chi connectivity index (χ4n) is 5.30. The Bertz CT molecular complexity index is 1710. The topological polar surface area (TPSA) is 293 Å². The lowest BCUT2D eigenvalue weighted by atomic mass is 9.93. The van der Waals surface area contributed by atoms with Gasteiger partial charge in [0.2, 0.25) is 6.29 Å². The predicted octanol–water partition coefficient (Wildman–Crippen LogP) is 0.00250. The summed E-state index contributed by atoms with van der Waals surface area (Å²) < 4.78 is 85.7. The average molecular weight is 794 g/mol. The zero-order valence-corrected chi connectivity index (χ0v) is 29.7. The molecule has 51 heavy (non-hydrogen) atoms. The summed E-state index contributed by atoms with van der Waals surface area (Å²) in [6.45, 7) is -2.67. The van der Waals surface area contributed by atoms with E-state index < -0.39 is 107 Å². The molecule has 2 aliphatic rings. The summed E-state index contributed by atoms with van der Waals surface area (Å²) in [6.07, 6.45) is -16.1. The second kappa shape index (κ2) is 16.0. The van der Waals surface area contributed by atoms with Gasteiger partial charge in [-0.25, -0.2) is 32.6 Å². The minimum atomic E-state index is -5.71. The molecule has 26 heteroatoms. The van der Waals surface area contributed by atoms with Gasteiger partial charge in [0.1, 0.15) is 42.9 Å². The lowest BCUT2D eigenvalue weighted by molar-refractivity contribution is -0.293. The normalized spacial score (nSPS) is 32.4. The average Bonchev–Trinajstić information content (AvgIpc) is 3.56. The number of aliphatic hydroxyl groups is 2. The number of carbonyl (C=O) groups is 3. The Morgan fingerprint density at radius 1 is 1.10 bits per heavy atom. The standard InChI is InChI=1S/C25H35F2N5O16P2S/c1-5-25(27)20(37)14(45-24(25)32-9-31-15-21(28)29-8-30-22(15)32)7-42-50(40,51)48-49(38,39)47-23-19(44-12(4)35)16(36)18(43-11(3)34)17(46-23)13(26)6-41-10(2)33/h8-9,13-14,16-20,23-24,36-37H,5-7H2,1-4H3,(H,38,39)(H,40,51)(H2,28,29,30)/t13-,14+,16?,17?,18?,19?,20+,23?,24+,25+,50?/m0/s1. The first-order valence-electron chi connectivity index (χ1n) is 14.8. The highest BCUT2D eigenvalue weighted by Gasteiger charge is 2.58. The van der Waals surface area contributed by atoms with Crippen molar-refractivity contribution in [3.05, 3.63) is 12.7 Å². The number of phosphoric ester groups is 1. The van der Waals surface area contributed by atoms with Crippen molar-refractivity contribution in [3.63, 3.8) is 0 Å². The van der Waals surface area contributed by atoms with Crippen molar-refractivity contribution in [1.29, 1.82) is 0 Å². The number of carbonyl (C=O) groups excluding carboxylic acids is 3. The summed E-state index contributed by atoms with van der Waals surface area (Å²) in [4.78, 5) is 67.8. The Labute approximate surface area is 292 Å². The van der Waals surface area contributed by atoms with Crippen LogP contribution in [0.3, 0.4) is 0 Å². The maximum Gasteiger partial charge on any atom is 0.481 e. The summed E-state index contributed by atoms with van der Waals surface area (Å²) >= 11 is 4.81. The van der Waals surface area contributed by atoms with Crippen LogP contribution < -0.4 is 5.73 Å². The molecule has 4 heterocycles. The van der Waals surface area contributed by atoms with E-state index in [1.165, 1.54) is 6.92 Å². The van der Waals surface area contributed by atoms with Gasteiger partial charge in [0.25, 0.3) is 0 Å². The Kier molecular flexibility index (Phi) is 12.9. The van der Waals surface area contributed by atoms with E-state index in [4.69, 9.17) is 45.5 Å². The van der Waals surface area contributed by atoms with Gasteiger partial charge in [0.15, 0.2) is 41.7 Å². The number of phosphoric acid groups is 1. The third kappa shape index (κ3) is 9.39. The van der Waals surface area contributed by atoms with Gasteiger partial charge in [-0.1, -0.05) is 6.92 Å². The van der Waals surface area contributed by atoms with Crippen molar-refractivity contribution in [2.75, 3.05) is 18.9 Å². The Balaban J connectivity index is 1.49. The van der Waals surface area contributed by atoms with Gasteiger partial charge in [-0.15, -0.1) is 0 Å². The quantitative estimate of drug-likeness (QED) is 0.0955. The molecule has 286 valence electrons. The van der Waals surface area contributed by atoms with Gasteiger partial charge in [0.05, 0.1) is 12.9 Å². The largest absolute Gasteiger partial charge is 0.481 e. The van der Waals surface area contributed by atoms with Crippen molar-refractivity contribution >= 4 is 61.2 Å². The number of rotatable bonds is 14. The van der Waals surface area contributed by atoms with Crippen molar-refractivity contribution in [3.8, 4) is 0 Å². The van der Waals surface area contributed by atoms with Crippen LogP contribution in [0.5, 0.6) is 0 Å². The lowest BCUT2D eigenvalue weighted by Crippen LogP contribution is -2.63. The van der Waals surface area contributed by atoms with Crippen LogP contribution in [0.25, 0.3) is 11.2 Å². The van der Waals surface area contributed by atoms with E-state index in [0.717, 1.165) is 38.0 Å². The van der Waals surface area contributed by atoms with Gasteiger partial charge in [-0.3, -0.25) is 23.5 Å². The van der Waals surface area contributed by atoms with Crippen molar-refractivity contribution in [2.24, 2.45) is 0 Å². The van der Waals surface area contributed by atoms with E-state index >= 15 is 8.78 Å². The predicted molar refractivity (Wildman–Crippen MR) is 166 cm³/mol. The molecule has 4 rings (SSSR count). The molecule has 7 unspecified atom stereocenters. The maximum atomic E-state index is 16.2. The Hall–Kier alpha value is -2.86.